The number of carbonyl (C=O) groups excluding carboxylic acids is 3. The number of rotatable bonds is 19. The van der Waals surface area contributed by atoms with Gasteiger partial charge in [-0.1, -0.05) is 48.5 Å². The molecule has 0 aliphatic carbocycles. The third-order valence-corrected chi connectivity index (χ3v) is 8.23. The van der Waals surface area contributed by atoms with E-state index in [4.69, 9.17) is 17.2 Å². The number of hydrogen-bond acceptors (Lipinski definition) is 7. The highest BCUT2D eigenvalue weighted by molar-refractivity contribution is 5.92. The first-order chi connectivity index (χ1) is 21.8. The molecule has 0 aliphatic heterocycles. The van der Waals surface area contributed by atoms with Crippen LogP contribution in [0.3, 0.4) is 0 Å². The number of nitrogens with zero attached hydrogens (tertiary/aromatic N) is 4. The van der Waals surface area contributed by atoms with Gasteiger partial charge in [0.25, 0.3) is 0 Å². The predicted octanol–water partition coefficient (Wildman–Crippen LogP) is 1.39. The van der Waals surface area contributed by atoms with Crippen LogP contribution in [0.15, 0.2) is 66.9 Å². The summed E-state index contributed by atoms with van der Waals surface area (Å²) in [5, 5.41) is 3.87. The highest BCUT2D eigenvalue weighted by atomic mass is 16.2. The molecule has 0 unspecified atom stereocenters. The first-order valence-corrected chi connectivity index (χ1v) is 16.1. The van der Waals surface area contributed by atoms with Gasteiger partial charge in [-0.25, -0.2) is 4.90 Å². The monoisotopic (exact) mass is 634 g/mol. The van der Waals surface area contributed by atoms with Crippen LogP contribution in [-0.2, 0) is 27.2 Å². The molecule has 0 radical (unpaired) electrons. The van der Waals surface area contributed by atoms with Crippen molar-refractivity contribution in [3.63, 3.8) is 0 Å². The zero-order valence-corrected chi connectivity index (χ0v) is 28.0. The van der Waals surface area contributed by atoms with E-state index in [0.717, 1.165) is 22.0 Å². The van der Waals surface area contributed by atoms with Crippen molar-refractivity contribution in [2.45, 2.75) is 44.2 Å². The van der Waals surface area contributed by atoms with Crippen LogP contribution in [0, 0.1) is 0 Å². The fourth-order valence-corrected chi connectivity index (χ4v) is 5.62. The summed E-state index contributed by atoms with van der Waals surface area (Å²) < 4.78 is 1.10. The quantitative estimate of drug-likeness (QED) is 0.115. The van der Waals surface area contributed by atoms with E-state index >= 15 is 0 Å². The van der Waals surface area contributed by atoms with Gasteiger partial charge in [0, 0.05) is 37.5 Å². The van der Waals surface area contributed by atoms with Crippen LogP contribution in [0.25, 0.3) is 10.9 Å². The van der Waals surface area contributed by atoms with Crippen LogP contribution < -0.4 is 22.5 Å². The number of pyridine rings is 1. The number of hydrogen-bond donors (Lipinski definition) is 4. The van der Waals surface area contributed by atoms with Crippen LogP contribution in [0.1, 0.15) is 30.4 Å². The van der Waals surface area contributed by atoms with E-state index < -0.39 is 18.0 Å². The minimum atomic E-state index is -0.946. The molecular formula is C35H54N8O3+2. The van der Waals surface area contributed by atoms with Gasteiger partial charge in [-0.15, -0.1) is 0 Å². The van der Waals surface area contributed by atoms with Gasteiger partial charge in [-0.3, -0.25) is 19.4 Å². The van der Waals surface area contributed by atoms with E-state index in [1.54, 1.807) is 6.20 Å². The third kappa shape index (κ3) is 11.9. The van der Waals surface area contributed by atoms with Gasteiger partial charge in [-0.05, 0) is 42.5 Å². The van der Waals surface area contributed by atoms with Crippen LogP contribution in [0.5, 0.6) is 0 Å². The van der Waals surface area contributed by atoms with Gasteiger partial charge in [0.2, 0.25) is 11.8 Å². The largest absolute Gasteiger partial charge is 0.345 e. The lowest BCUT2D eigenvalue weighted by atomic mass is 9.97. The molecule has 11 heteroatoms. The molecule has 7 N–H and O–H groups in total. The van der Waals surface area contributed by atoms with Crippen molar-refractivity contribution in [2.24, 2.45) is 17.2 Å². The number of likely N-dealkylation sites (N-methyl/N-ethyl adjacent to an activating group) is 2. The van der Waals surface area contributed by atoms with Crippen molar-refractivity contribution in [3.05, 3.63) is 78.0 Å². The van der Waals surface area contributed by atoms with E-state index in [-0.39, 0.29) is 31.0 Å². The molecule has 11 nitrogen and oxygen atoms in total. The Labute approximate surface area is 273 Å². The smallest absolute Gasteiger partial charge is 0.237 e. The van der Waals surface area contributed by atoms with Crippen LogP contribution >= 0.6 is 0 Å². The molecule has 0 aliphatic rings. The molecule has 0 bridgehead atoms. The summed E-state index contributed by atoms with van der Waals surface area (Å²) in [6.45, 7) is 3.38. The number of nitrogens with one attached hydrogen (secondary N) is 1. The van der Waals surface area contributed by atoms with Crippen molar-refractivity contribution in [2.75, 3.05) is 67.7 Å². The number of benzene rings is 2. The molecule has 1 aromatic heterocycles. The number of carbonyl (C=O) groups is 3. The number of aryl methyl sites for hydroxylation is 1. The second kappa shape index (κ2) is 17.3. The van der Waals surface area contributed by atoms with Crippen molar-refractivity contribution in [3.8, 4) is 0 Å². The average Bonchev–Trinajstić information content (AvgIpc) is 3.01. The second-order valence-electron chi connectivity index (χ2n) is 13.5. The summed E-state index contributed by atoms with van der Waals surface area (Å²) in [6, 6.07) is 17.9. The molecule has 1 heterocycles. The lowest BCUT2D eigenvalue weighted by molar-refractivity contribution is -0.924. The topological polar surface area (TPSA) is 157 Å². The summed E-state index contributed by atoms with van der Waals surface area (Å²) in [5.74, 6) is -0.647. The summed E-state index contributed by atoms with van der Waals surface area (Å²) in [5.41, 5.74) is 20.7. The van der Waals surface area contributed by atoms with Crippen molar-refractivity contribution >= 4 is 28.5 Å². The number of aromatic nitrogens is 1. The SMILES string of the molecule is C[N+](C)(CCN)CN(C[N+](C)(C)CCN)C(=O)CC[C@H](N)C(=O)N[C@@H](CCc1ccccc1)C(=O)Cc1cnc2ccccc2c1. The highest BCUT2D eigenvalue weighted by Crippen LogP contribution is 2.16. The van der Waals surface area contributed by atoms with Crippen LogP contribution in [-0.4, -0.2) is 116 Å². The number of para-hydroxylation sites is 1. The van der Waals surface area contributed by atoms with E-state index in [1.165, 1.54) is 0 Å². The molecule has 2 atom stereocenters. The maximum Gasteiger partial charge on any atom is 0.237 e. The number of nitrogens with two attached hydrogens (primary N) is 3. The molecule has 3 rings (SSSR count). The first-order valence-electron chi connectivity index (χ1n) is 16.1. The Morgan fingerprint density at radius 3 is 2.09 bits per heavy atom. The molecular weight excluding hydrogens is 580 g/mol. The lowest BCUT2D eigenvalue weighted by Crippen LogP contribution is -2.58. The van der Waals surface area contributed by atoms with Crippen molar-refractivity contribution < 1.29 is 23.3 Å². The van der Waals surface area contributed by atoms with E-state index in [0.29, 0.717) is 61.3 Å². The molecule has 0 saturated carbocycles. The Morgan fingerprint density at radius 1 is 0.848 bits per heavy atom. The molecule has 250 valence electrons. The Hall–Kier alpha value is -3.74. The Kier molecular flexibility index (Phi) is 13.8. The molecule has 3 aromatic rings. The third-order valence-electron chi connectivity index (χ3n) is 8.23. The summed E-state index contributed by atoms with van der Waals surface area (Å²) in [7, 11) is 8.15. The second-order valence-corrected chi connectivity index (χ2v) is 13.5. The molecule has 0 saturated heterocycles. The zero-order valence-electron chi connectivity index (χ0n) is 28.0. The normalized spacial score (nSPS) is 13.3. The van der Waals surface area contributed by atoms with Crippen LogP contribution in [0.4, 0.5) is 0 Å². The number of Topliss-reactive ketones (excluding diaryl/α,β-unsaturated/α-hetero) is 1. The lowest BCUT2D eigenvalue weighted by Gasteiger charge is -2.39. The van der Waals surface area contributed by atoms with Gasteiger partial charge < -0.3 is 31.5 Å². The van der Waals surface area contributed by atoms with E-state index in [9.17, 15) is 14.4 Å². The van der Waals surface area contributed by atoms with Crippen molar-refractivity contribution in [1.29, 1.82) is 0 Å². The molecule has 0 spiro atoms. The van der Waals surface area contributed by atoms with Gasteiger partial charge in [0.05, 0.1) is 58.9 Å². The van der Waals surface area contributed by atoms with Gasteiger partial charge in [0.15, 0.2) is 19.1 Å². The van der Waals surface area contributed by atoms with Gasteiger partial charge in [-0.2, -0.15) is 0 Å². The molecule has 2 aromatic carbocycles. The number of quaternary nitrogens is 2. The molecule has 46 heavy (non-hydrogen) atoms. The summed E-state index contributed by atoms with van der Waals surface area (Å²) >= 11 is 0. The maximum atomic E-state index is 13.6. The fourth-order valence-electron chi connectivity index (χ4n) is 5.62. The number of ketones is 1. The molecule has 2 amide bonds. The summed E-state index contributed by atoms with van der Waals surface area (Å²) in [6.07, 6.45) is 3.14. The minimum absolute atomic E-state index is 0.0878. The van der Waals surface area contributed by atoms with Crippen LogP contribution in [0.2, 0.25) is 0 Å². The van der Waals surface area contributed by atoms with Crippen molar-refractivity contribution in [1.82, 2.24) is 15.2 Å². The average molecular weight is 635 g/mol. The number of fused-ring (bicyclic) bond motifs is 1. The standard InChI is InChI=1S/C35H53N8O3/c1-42(2,20-18-36)25-41(26-43(3,4)21-19-37)34(45)17-15-30(38)35(46)40-32(16-14-27-10-6-5-7-11-27)33(44)23-28-22-29-12-8-9-13-31(29)39-24-28/h5-13,22,24,30,32H,14-21,23,25-26,36-38H2,1-4H3/q+1/p+1/t30-,32-/m0/s1. The Bertz CT molecular complexity index is 1410. The summed E-state index contributed by atoms with van der Waals surface area (Å²) in [4.78, 5) is 46.8. The Morgan fingerprint density at radius 2 is 1.46 bits per heavy atom. The van der Waals surface area contributed by atoms with Gasteiger partial charge in [0.1, 0.15) is 0 Å². The molecule has 0 fully saturated rings. The van der Waals surface area contributed by atoms with E-state index in [1.807, 2.05) is 93.8 Å². The van der Waals surface area contributed by atoms with E-state index in [2.05, 4.69) is 10.3 Å². The number of amides is 2. The van der Waals surface area contributed by atoms with Gasteiger partial charge >= 0.3 is 0 Å². The fraction of sp³-hybridized carbons (Fsp3) is 0.486. The predicted molar refractivity (Wildman–Crippen MR) is 183 cm³/mol. The zero-order chi connectivity index (χ0) is 33.7. The Balaban J connectivity index is 1.68. The first kappa shape index (κ1) is 36.7. The minimum Gasteiger partial charge on any atom is -0.345 e. The maximum absolute atomic E-state index is 13.6. The highest BCUT2D eigenvalue weighted by Gasteiger charge is 2.30.